The molecule has 2 aliphatic rings. The lowest BCUT2D eigenvalue weighted by atomic mass is 10.1. The van der Waals surface area contributed by atoms with Gasteiger partial charge in [-0.1, -0.05) is 6.07 Å². The zero-order chi connectivity index (χ0) is 18.4. The molecule has 5 rings (SSSR count). The molecule has 3 heterocycles. The second kappa shape index (κ2) is 6.39. The Morgan fingerprint density at radius 2 is 2.04 bits per heavy atom. The van der Waals surface area contributed by atoms with Crippen LogP contribution in [-0.4, -0.2) is 28.7 Å². The lowest BCUT2D eigenvalue weighted by Gasteiger charge is -2.27. The number of ether oxygens (including phenoxy) is 2. The molecule has 0 saturated heterocycles. The average molecular weight is 363 g/mol. The number of aromatic amines is 1. The van der Waals surface area contributed by atoms with Crippen molar-refractivity contribution in [3.05, 3.63) is 64.2 Å². The molecule has 0 radical (unpaired) electrons. The van der Waals surface area contributed by atoms with Gasteiger partial charge in [0, 0.05) is 29.8 Å². The third kappa shape index (κ3) is 3.06. The maximum atomic E-state index is 12.6. The van der Waals surface area contributed by atoms with E-state index in [2.05, 4.69) is 28.0 Å². The van der Waals surface area contributed by atoms with Crippen molar-refractivity contribution in [2.24, 2.45) is 5.92 Å². The van der Waals surface area contributed by atoms with E-state index in [0.29, 0.717) is 18.2 Å². The molecule has 1 aromatic carbocycles. The summed E-state index contributed by atoms with van der Waals surface area (Å²) >= 11 is 0. The highest BCUT2D eigenvalue weighted by atomic mass is 16.7. The van der Waals surface area contributed by atoms with Crippen molar-refractivity contribution < 1.29 is 9.47 Å². The van der Waals surface area contributed by atoms with Gasteiger partial charge in [0.2, 0.25) is 6.79 Å². The minimum absolute atomic E-state index is 0.0659. The second-order valence-electron chi connectivity index (χ2n) is 7.37. The number of benzene rings is 1. The Bertz CT molecular complexity index is 1040. The summed E-state index contributed by atoms with van der Waals surface area (Å²) in [4.78, 5) is 22.4. The van der Waals surface area contributed by atoms with Crippen LogP contribution < -0.4 is 15.0 Å². The fraction of sp³-hybridized carbons (Fsp3) is 0.333. The number of nitrogens with one attached hydrogen (secondary N) is 1. The third-order valence-corrected chi connectivity index (χ3v) is 5.37. The molecule has 0 amide bonds. The van der Waals surface area contributed by atoms with Crippen molar-refractivity contribution in [3.8, 4) is 11.5 Å². The van der Waals surface area contributed by atoms with Gasteiger partial charge < -0.3 is 14.5 Å². The highest BCUT2D eigenvalue weighted by Gasteiger charge is 2.36. The van der Waals surface area contributed by atoms with E-state index in [4.69, 9.17) is 9.47 Å². The predicted molar refractivity (Wildman–Crippen MR) is 102 cm³/mol. The maximum absolute atomic E-state index is 12.6. The number of pyridine rings is 2. The smallest absolute Gasteiger partial charge is 0.252 e. The minimum atomic E-state index is -0.0659. The van der Waals surface area contributed by atoms with E-state index in [9.17, 15) is 4.79 Å². The Morgan fingerprint density at radius 1 is 1.22 bits per heavy atom. The standard InChI is InChI=1S/C21H21N3O3/c1-24(20(13-5-6-13)16-4-2-3-7-22-16)11-15-8-14-9-18-19(27-12-26-18)10-17(14)23-21(15)25/h2-4,7-10,13,20H,5-6,11-12H2,1H3,(H,23,25)/t20-/m0/s1. The van der Waals surface area contributed by atoms with Gasteiger partial charge in [-0.2, -0.15) is 0 Å². The summed E-state index contributed by atoms with van der Waals surface area (Å²) in [5.74, 6) is 2.00. The van der Waals surface area contributed by atoms with Gasteiger partial charge in [0.25, 0.3) is 5.56 Å². The lowest BCUT2D eigenvalue weighted by molar-refractivity contribution is 0.174. The van der Waals surface area contributed by atoms with Gasteiger partial charge in [0.05, 0.1) is 17.3 Å². The summed E-state index contributed by atoms with van der Waals surface area (Å²) in [5.41, 5.74) is 2.51. The van der Waals surface area contributed by atoms with Crippen molar-refractivity contribution in [2.75, 3.05) is 13.8 Å². The molecule has 6 heteroatoms. The first-order chi connectivity index (χ1) is 13.2. The zero-order valence-corrected chi connectivity index (χ0v) is 15.1. The molecule has 1 fully saturated rings. The highest BCUT2D eigenvalue weighted by Crippen LogP contribution is 2.43. The molecule has 27 heavy (non-hydrogen) atoms. The van der Waals surface area contributed by atoms with E-state index in [1.807, 2.05) is 36.5 Å². The van der Waals surface area contributed by atoms with Crippen molar-refractivity contribution in [1.29, 1.82) is 0 Å². The first-order valence-electron chi connectivity index (χ1n) is 9.26. The van der Waals surface area contributed by atoms with Crippen LogP contribution in [0.4, 0.5) is 0 Å². The van der Waals surface area contributed by atoms with Gasteiger partial charge in [-0.3, -0.25) is 14.7 Å². The van der Waals surface area contributed by atoms with E-state index in [-0.39, 0.29) is 18.4 Å². The first-order valence-corrected chi connectivity index (χ1v) is 9.26. The topological polar surface area (TPSA) is 67.5 Å². The number of aromatic nitrogens is 2. The third-order valence-electron chi connectivity index (χ3n) is 5.37. The highest BCUT2D eigenvalue weighted by molar-refractivity contribution is 5.83. The maximum Gasteiger partial charge on any atom is 0.252 e. The van der Waals surface area contributed by atoms with Crippen molar-refractivity contribution in [2.45, 2.75) is 25.4 Å². The van der Waals surface area contributed by atoms with Crippen LogP contribution in [0.15, 0.2) is 47.4 Å². The molecular weight excluding hydrogens is 342 g/mol. The first kappa shape index (κ1) is 16.3. The summed E-state index contributed by atoms with van der Waals surface area (Å²) in [6, 6.07) is 12.0. The number of nitrogens with zero attached hydrogens (tertiary/aromatic N) is 2. The van der Waals surface area contributed by atoms with E-state index in [0.717, 1.165) is 27.9 Å². The van der Waals surface area contributed by atoms with E-state index < -0.39 is 0 Å². The molecule has 1 aliphatic heterocycles. The molecule has 0 spiro atoms. The Morgan fingerprint density at radius 3 is 2.78 bits per heavy atom. The molecule has 0 unspecified atom stereocenters. The van der Waals surface area contributed by atoms with Gasteiger partial charge in [0.15, 0.2) is 11.5 Å². The number of rotatable bonds is 5. The Balaban J connectivity index is 1.47. The van der Waals surface area contributed by atoms with E-state index in [1.165, 1.54) is 12.8 Å². The van der Waals surface area contributed by atoms with E-state index >= 15 is 0 Å². The Kier molecular flexibility index (Phi) is 3.86. The second-order valence-corrected chi connectivity index (χ2v) is 7.37. The summed E-state index contributed by atoms with van der Waals surface area (Å²) < 4.78 is 10.9. The predicted octanol–water partition coefficient (Wildman–Crippen LogP) is 3.23. The molecule has 3 aromatic rings. The van der Waals surface area contributed by atoms with Crippen molar-refractivity contribution in [1.82, 2.24) is 14.9 Å². The molecule has 1 saturated carbocycles. The van der Waals surface area contributed by atoms with Crippen LogP contribution in [-0.2, 0) is 6.54 Å². The fourth-order valence-electron chi connectivity index (χ4n) is 3.92. The molecular formula is C21H21N3O3. The van der Waals surface area contributed by atoms with Crippen LogP contribution in [0.5, 0.6) is 11.5 Å². The average Bonchev–Trinajstić information content (AvgIpc) is 3.39. The zero-order valence-electron chi connectivity index (χ0n) is 15.1. The van der Waals surface area contributed by atoms with Crippen LogP contribution in [0, 0.1) is 5.92 Å². The van der Waals surface area contributed by atoms with Crippen molar-refractivity contribution >= 4 is 10.9 Å². The summed E-state index contributed by atoms with van der Waals surface area (Å²) in [7, 11) is 2.07. The molecule has 2 aromatic heterocycles. The van der Waals surface area contributed by atoms with Gasteiger partial charge in [0.1, 0.15) is 0 Å². The van der Waals surface area contributed by atoms with Crippen LogP contribution in [0.1, 0.15) is 30.1 Å². The van der Waals surface area contributed by atoms with Gasteiger partial charge in [-0.25, -0.2) is 0 Å². The molecule has 1 atom stereocenters. The monoisotopic (exact) mass is 363 g/mol. The van der Waals surface area contributed by atoms with Crippen LogP contribution in [0.25, 0.3) is 10.9 Å². The van der Waals surface area contributed by atoms with Crippen LogP contribution >= 0.6 is 0 Å². The SMILES string of the molecule is CN(Cc1cc2cc3c(cc2[nH]c1=O)OCO3)[C@H](c1ccccn1)C1CC1. The normalized spacial score (nSPS) is 16.8. The van der Waals surface area contributed by atoms with E-state index in [1.54, 1.807) is 0 Å². The largest absolute Gasteiger partial charge is 0.454 e. The summed E-state index contributed by atoms with van der Waals surface area (Å²) in [6.07, 6.45) is 4.26. The van der Waals surface area contributed by atoms with Crippen LogP contribution in [0.2, 0.25) is 0 Å². The summed E-state index contributed by atoms with van der Waals surface area (Å²) in [5, 5.41) is 0.947. The Labute approximate surface area is 156 Å². The quantitative estimate of drug-likeness (QED) is 0.754. The number of hydrogen-bond donors (Lipinski definition) is 1. The van der Waals surface area contributed by atoms with Gasteiger partial charge in [-0.15, -0.1) is 0 Å². The fourth-order valence-corrected chi connectivity index (χ4v) is 3.92. The van der Waals surface area contributed by atoms with Crippen LogP contribution in [0.3, 0.4) is 0 Å². The molecule has 0 bridgehead atoms. The molecule has 1 N–H and O–H groups in total. The molecule has 138 valence electrons. The number of H-pyrrole nitrogens is 1. The minimum Gasteiger partial charge on any atom is -0.454 e. The lowest BCUT2D eigenvalue weighted by Crippen LogP contribution is -2.29. The number of fused-ring (bicyclic) bond motifs is 2. The molecule has 1 aliphatic carbocycles. The van der Waals surface area contributed by atoms with Gasteiger partial charge >= 0.3 is 0 Å². The van der Waals surface area contributed by atoms with Gasteiger partial charge in [-0.05, 0) is 50.1 Å². The van der Waals surface area contributed by atoms with Crippen molar-refractivity contribution in [3.63, 3.8) is 0 Å². The number of hydrogen-bond acceptors (Lipinski definition) is 5. The Hall–Kier alpha value is -2.86. The summed E-state index contributed by atoms with van der Waals surface area (Å²) in [6.45, 7) is 0.788. The molecule has 6 nitrogen and oxygen atoms in total.